The van der Waals surface area contributed by atoms with Crippen molar-refractivity contribution in [3.8, 4) is 0 Å². The van der Waals surface area contributed by atoms with Gasteiger partial charge < -0.3 is 15.4 Å². The molecule has 22 heavy (non-hydrogen) atoms. The molecule has 1 aromatic rings. The van der Waals surface area contributed by atoms with Gasteiger partial charge >= 0.3 is 5.97 Å². The fourth-order valence-corrected chi connectivity index (χ4v) is 2.91. The molecule has 0 bridgehead atoms. The molecule has 0 aliphatic carbocycles. The molecular formula is C16H22N2O3S. The normalized spacial score (nSPS) is 18.7. The van der Waals surface area contributed by atoms with Crippen molar-refractivity contribution >= 4 is 23.6 Å². The van der Waals surface area contributed by atoms with Crippen LogP contribution in [0.25, 0.3) is 0 Å². The average molecular weight is 322 g/mol. The van der Waals surface area contributed by atoms with E-state index < -0.39 is 0 Å². The summed E-state index contributed by atoms with van der Waals surface area (Å²) in [5, 5.41) is 6.17. The molecule has 1 saturated heterocycles. The fourth-order valence-electron chi connectivity index (χ4n) is 2.51. The molecule has 2 atom stereocenters. The summed E-state index contributed by atoms with van der Waals surface area (Å²) in [4.78, 5) is 25.1. The number of nitrogens with one attached hydrogen (secondary N) is 2. The first kappa shape index (κ1) is 16.8. The summed E-state index contributed by atoms with van der Waals surface area (Å²) >= 11 is 1.65. The molecule has 1 amide bonds. The maximum absolute atomic E-state index is 12.3. The van der Waals surface area contributed by atoms with Crippen LogP contribution in [0.3, 0.4) is 0 Å². The molecule has 1 fully saturated rings. The smallest absolute Gasteiger partial charge is 0.307 e. The van der Waals surface area contributed by atoms with Gasteiger partial charge in [0, 0.05) is 11.4 Å². The number of benzene rings is 1. The Morgan fingerprint density at radius 1 is 1.41 bits per heavy atom. The van der Waals surface area contributed by atoms with E-state index in [1.807, 2.05) is 30.5 Å². The monoisotopic (exact) mass is 322 g/mol. The number of hydrogen-bond donors (Lipinski definition) is 2. The zero-order chi connectivity index (χ0) is 15.9. The Bertz CT molecular complexity index is 513. The summed E-state index contributed by atoms with van der Waals surface area (Å²) in [5.41, 5.74) is 0.919. The lowest BCUT2D eigenvalue weighted by Gasteiger charge is -2.20. The Kier molecular flexibility index (Phi) is 6.27. The number of rotatable bonds is 6. The highest BCUT2D eigenvalue weighted by Gasteiger charge is 2.26. The molecule has 2 rings (SSSR count). The summed E-state index contributed by atoms with van der Waals surface area (Å²) in [5.74, 6) is -0.359. The van der Waals surface area contributed by atoms with Crippen LogP contribution in [0.15, 0.2) is 29.2 Å². The number of amides is 1. The van der Waals surface area contributed by atoms with Gasteiger partial charge in [-0.25, -0.2) is 0 Å². The van der Waals surface area contributed by atoms with E-state index in [1.54, 1.807) is 11.8 Å². The van der Waals surface area contributed by atoms with Gasteiger partial charge in [0.05, 0.1) is 25.5 Å². The second-order valence-corrected chi connectivity index (χ2v) is 6.18. The minimum Gasteiger partial charge on any atom is -0.469 e. The van der Waals surface area contributed by atoms with Crippen LogP contribution in [0.4, 0.5) is 0 Å². The summed E-state index contributed by atoms with van der Waals surface area (Å²) in [6, 6.07) is 7.54. The first-order valence-electron chi connectivity index (χ1n) is 7.36. The van der Waals surface area contributed by atoms with Crippen LogP contribution < -0.4 is 10.6 Å². The van der Waals surface area contributed by atoms with Crippen LogP contribution in [0.5, 0.6) is 0 Å². The van der Waals surface area contributed by atoms with Crippen molar-refractivity contribution in [2.45, 2.75) is 23.8 Å². The highest BCUT2D eigenvalue weighted by molar-refractivity contribution is 7.98. The van der Waals surface area contributed by atoms with E-state index in [2.05, 4.69) is 10.6 Å². The van der Waals surface area contributed by atoms with E-state index in [0.717, 1.165) is 23.4 Å². The number of carbonyl (C=O) groups is 2. The van der Waals surface area contributed by atoms with Gasteiger partial charge in [-0.15, -0.1) is 11.8 Å². The quantitative estimate of drug-likeness (QED) is 0.617. The molecule has 5 nitrogen and oxygen atoms in total. The molecule has 6 heteroatoms. The molecule has 1 aliphatic heterocycles. The zero-order valence-corrected chi connectivity index (χ0v) is 13.7. The maximum atomic E-state index is 12.3. The largest absolute Gasteiger partial charge is 0.469 e. The molecule has 1 aliphatic rings. The lowest BCUT2D eigenvalue weighted by molar-refractivity contribution is -0.141. The highest BCUT2D eigenvalue weighted by atomic mass is 32.2. The average Bonchev–Trinajstić information content (AvgIpc) is 3.08. The third-order valence-electron chi connectivity index (χ3n) is 3.86. The summed E-state index contributed by atoms with van der Waals surface area (Å²) in [6.07, 6.45) is 2.99. The SMILES string of the molecule is COC(=O)CC(NC(=O)C1CCNC1)c1ccc(SC)cc1. The van der Waals surface area contributed by atoms with Crippen molar-refractivity contribution in [2.24, 2.45) is 5.92 Å². The van der Waals surface area contributed by atoms with Crippen molar-refractivity contribution in [3.63, 3.8) is 0 Å². The Balaban J connectivity index is 2.10. The van der Waals surface area contributed by atoms with Crippen molar-refractivity contribution < 1.29 is 14.3 Å². The van der Waals surface area contributed by atoms with Gasteiger partial charge in [-0.3, -0.25) is 9.59 Å². The van der Waals surface area contributed by atoms with E-state index in [1.165, 1.54) is 7.11 Å². The summed E-state index contributed by atoms with van der Waals surface area (Å²) < 4.78 is 4.75. The molecule has 0 aromatic heterocycles. The van der Waals surface area contributed by atoms with Crippen molar-refractivity contribution in [2.75, 3.05) is 26.5 Å². The van der Waals surface area contributed by atoms with Gasteiger partial charge in [0.2, 0.25) is 5.91 Å². The predicted octanol–water partition coefficient (Wildman–Crippen LogP) is 1.74. The minimum atomic E-state index is -0.351. The first-order valence-corrected chi connectivity index (χ1v) is 8.58. The number of hydrogen-bond acceptors (Lipinski definition) is 5. The topological polar surface area (TPSA) is 67.4 Å². The Morgan fingerprint density at radius 2 is 2.14 bits per heavy atom. The van der Waals surface area contributed by atoms with Crippen molar-refractivity contribution in [3.05, 3.63) is 29.8 Å². The van der Waals surface area contributed by atoms with Crippen LogP contribution >= 0.6 is 11.8 Å². The van der Waals surface area contributed by atoms with Crippen molar-refractivity contribution in [1.82, 2.24) is 10.6 Å². The Morgan fingerprint density at radius 3 is 2.68 bits per heavy atom. The van der Waals surface area contributed by atoms with E-state index in [9.17, 15) is 9.59 Å². The van der Waals surface area contributed by atoms with E-state index in [0.29, 0.717) is 6.54 Å². The molecule has 1 heterocycles. The lowest BCUT2D eigenvalue weighted by atomic mass is 10.0. The van der Waals surface area contributed by atoms with Gasteiger partial charge in [0.1, 0.15) is 0 Å². The summed E-state index contributed by atoms with van der Waals surface area (Å²) in [7, 11) is 1.36. The molecule has 2 unspecified atom stereocenters. The Labute approximate surface area is 135 Å². The Hall–Kier alpha value is -1.53. The minimum absolute atomic E-state index is 0.00662. The zero-order valence-electron chi connectivity index (χ0n) is 12.9. The van der Waals surface area contributed by atoms with Crippen LogP contribution in [0.1, 0.15) is 24.4 Å². The second kappa shape index (κ2) is 8.19. The van der Waals surface area contributed by atoms with Crippen LogP contribution in [0, 0.1) is 5.92 Å². The van der Waals surface area contributed by atoms with Crippen LogP contribution in [-0.2, 0) is 14.3 Å². The predicted molar refractivity (Wildman–Crippen MR) is 86.7 cm³/mol. The van der Waals surface area contributed by atoms with E-state index in [-0.39, 0.29) is 30.3 Å². The molecule has 120 valence electrons. The maximum Gasteiger partial charge on any atom is 0.307 e. The second-order valence-electron chi connectivity index (χ2n) is 5.30. The van der Waals surface area contributed by atoms with Crippen LogP contribution in [-0.4, -0.2) is 38.3 Å². The van der Waals surface area contributed by atoms with Crippen LogP contribution in [0.2, 0.25) is 0 Å². The number of methoxy groups -OCH3 is 1. The molecule has 1 aromatic carbocycles. The van der Waals surface area contributed by atoms with E-state index >= 15 is 0 Å². The third-order valence-corrected chi connectivity index (χ3v) is 4.61. The van der Waals surface area contributed by atoms with E-state index in [4.69, 9.17) is 4.74 Å². The molecule has 0 saturated carbocycles. The van der Waals surface area contributed by atoms with Gasteiger partial charge in [-0.2, -0.15) is 0 Å². The first-order chi connectivity index (χ1) is 10.6. The standard InChI is InChI=1S/C16H22N2O3S/c1-21-15(19)9-14(11-3-5-13(22-2)6-4-11)18-16(20)12-7-8-17-10-12/h3-6,12,14,17H,7-10H2,1-2H3,(H,18,20). The molecule has 0 spiro atoms. The number of ether oxygens (including phenoxy) is 1. The third kappa shape index (κ3) is 4.48. The fraction of sp³-hybridized carbons (Fsp3) is 0.500. The number of carbonyl (C=O) groups excluding carboxylic acids is 2. The van der Waals surface area contributed by atoms with Gasteiger partial charge in [0.15, 0.2) is 0 Å². The van der Waals surface area contributed by atoms with Gasteiger partial charge in [-0.1, -0.05) is 12.1 Å². The van der Waals surface area contributed by atoms with Crippen molar-refractivity contribution in [1.29, 1.82) is 0 Å². The highest BCUT2D eigenvalue weighted by Crippen LogP contribution is 2.22. The summed E-state index contributed by atoms with van der Waals surface area (Å²) in [6.45, 7) is 1.56. The number of esters is 1. The molecule has 0 radical (unpaired) electrons. The van der Waals surface area contributed by atoms with Gasteiger partial charge in [0.25, 0.3) is 0 Å². The molecule has 2 N–H and O–H groups in total. The van der Waals surface area contributed by atoms with Gasteiger partial charge in [-0.05, 0) is 36.9 Å². The lowest BCUT2D eigenvalue weighted by Crippen LogP contribution is -2.36. The number of thioether (sulfide) groups is 1. The molecular weight excluding hydrogens is 300 g/mol.